The topological polar surface area (TPSA) is 55.8 Å². The third kappa shape index (κ3) is 3.89. The number of para-hydroxylation sites is 1. The molecule has 0 unspecified atom stereocenters. The van der Waals surface area contributed by atoms with Gasteiger partial charge in [0.2, 0.25) is 0 Å². The van der Waals surface area contributed by atoms with E-state index in [1.165, 1.54) is 0 Å². The second-order valence-electron chi connectivity index (χ2n) is 6.95. The molecule has 1 aromatic carbocycles. The maximum atomic E-state index is 12.8. The van der Waals surface area contributed by atoms with Crippen molar-refractivity contribution < 1.29 is 19.1 Å². The second-order valence-corrected chi connectivity index (χ2v) is 6.95. The van der Waals surface area contributed by atoms with Crippen LogP contribution in [0.3, 0.4) is 0 Å². The molecule has 2 heterocycles. The number of fused-ring (bicyclic) bond motifs is 1. The van der Waals surface area contributed by atoms with E-state index in [1.54, 1.807) is 0 Å². The summed E-state index contributed by atoms with van der Waals surface area (Å²) in [5.74, 6) is 0.851. The number of piperidine rings is 1. The molecule has 0 N–H and O–H groups in total. The second kappa shape index (κ2) is 7.24. The smallest absolute Gasteiger partial charge is 0.306 e. The van der Waals surface area contributed by atoms with Gasteiger partial charge in [0.15, 0.2) is 6.10 Å². The fourth-order valence-corrected chi connectivity index (χ4v) is 3.50. The Morgan fingerprint density at radius 2 is 2.12 bits per heavy atom. The Hall–Kier alpha value is -2.04. The Bertz CT molecular complexity index is 588. The van der Waals surface area contributed by atoms with E-state index >= 15 is 0 Å². The quantitative estimate of drug-likeness (QED) is 0.796. The van der Waals surface area contributed by atoms with Crippen molar-refractivity contribution in [1.29, 1.82) is 0 Å². The number of rotatable bonds is 4. The van der Waals surface area contributed by atoms with Gasteiger partial charge in [0.05, 0.1) is 12.5 Å². The molecule has 1 fully saturated rings. The third-order valence-electron chi connectivity index (χ3n) is 4.58. The molecule has 2 atom stereocenters. The summed E-state index contributed by atoms with van der Waals surface area (Å²) in [4.78, 5) is 26.5. The highest BCUT2D eigenvalue weighted by Gasteiger charge is 2.34. The number of hydrogen-bond acceptors (Lipinski definition) is 4. The first-order chi connectivity index (χ1) is 11.5. The average Bonchev–Trinajstić information content (AvgIpc) is 2.97. The number of ether oxygens (including phenoxy) is 2. The third-order valence-corrected chi connectivity index (χ3v) is 4.58. The van der Waals surface area contributed by atoms with Gasteiger partial charge in [-0.15, -0.1) is 0 Å². The lowest BCUT2D eigenvalue weighted by Gasteiger charge is -2.33. The summed E-state index contributed by atoms with van der Waals surface area (Å²) in [7, 11) is 0. The van der Waals surface area contributed by atoms with Crippen LogP contribution in [0.2, 0.25) is 0 Å². The number of carbonyl (C=O) groups is 2. The Labute approximate surface area is 142 Å². The van der Waals surface area contributed by atoms with Crippen LogP contribution in [-0.2, 0) is 20.7 Å². The van der Waals surface area contributed by atoms with Gasteiger partial charge in [0.25, 0.3) is 5.91 Å². The van der Waals surface area contributed by atoms with E-state index in [0.29, 0.717) is 19.4 Å². The van der Waals surface area contributed by atoms with Crippen LogP contribution in [0.4, 0.5) is 0 Å². The van der Waals surface area contributed by atoms with E-state index in [-0.39, 0.29) is 23.9 Å². The predicted molar refractivity (Wildman–Crippen MR) is 89.7 cm³/mol. The van der Waals surface area contributed by atoms with Crippen LogP contribution in [0.25, 0.3) is 0 Å². The number of likely N-dealkylation sites (tertiary alicyclic amines) is 1. The first kappa shape index (κ1) is 16.8. The van der Waals surface area contributed by atoms with Crippen LogP contribution in [-0.4, -0.2) is 42.1 Å². The van der Waals surface area contributed by atoms with Crippen molar-refractivity contribution in [3.05, 3.63) is 29.8 Å². The highest BCUT2D eigenvalue weighted by molar-refractivity contribution is 5.83. The molecule has 0 radical (unpaired) electrons. The monoisotopic (exact) mass is 331 g/mol. The van der Waals surface area contributed by atoms with E-state index in [9.17, 15) is 9.59 Å². The zero-order valence-electron chi connectivity index (χ0n) is 14.4. The number of hydrogen-bond donors (Lipinski definition) is 0. The lowest BCUT2D eigenvalue weighted by atomic mass is 9.94. The Morgan fingerprint density at radius 1 is 1.33 bits per heavy atom. The van der Waals surface area contributed by atoms with Gasteiger partial charge >= 0.3 is 5.97 Å². The fraction of sp³-hybridized carbons (Fsp3) is 0.579. The molecule has 1 aromatic rings. The van der Waals surface area contributed by atoms with Gasteiger partial charge in [-0.3, -0.25) is 9.59 Å². The molecular formula is C19H25NO4. The summed E-state index contributed by atoms with van der Waals surface area (Å²) in [5, 5.41) is 0. The van der Waals surface area contributed by atoms with Gasteiger partial charge in [0.1, 0.15) is 5.75 Å². The van der Waals surface area contributed by atoms with Gasteiger partial charge in [-0.05, 0) is 44.2 Å². The molecule has 0 aromatic heterocycles. The van der Waals surface area contributed by atoms with Gasteiger partial charge in [-0.2, -0.15) is 0 Å². The van der Waals surface area contributed by atoms with Gasteiger partial charge in [-0.25, -0.2) is 0 Å². The largest absolute Gasteiger partial charge is 0.480 e. The highest BCUT2D eigenvalue weighted by Crippen LogP contribution is 2.30. The van der Waals surface area contributed by atoms with Gasteiger partial charge in [0, 0.05) is 19.5 Å². The van der Waals surface area contributed by atoms with Crippen molar-refractivity contribution in [3.63, 3.8) is 0 Å². The van der Waals surface area contributed by atoms with Crippen LogP contribution in [0.15, 0.2) is 24.3 Å². The average molecular weight is 331 g/mol. The molecule has 0 aliphatic carbocycles. The summed E-state index contributed by atoms with van der Waals surface area (Å²) in [6.07, 6.45) is 2.38. The molecule has 5 nitrogen and oxygen atoms in total. The summed E-state index contributed by atoms with van der Waals surface area (Å²) < 4.78 is 11.0. The first-order valence-electron chi connectivity index (χ1n) is 8.75. The fourth-order valence-electron chi connectivity index (χ4n) is 3.50. The molecule has 130 valence electrons. The van der Waals surface area contributed by atoms with Crippen LogP contribution >= 0.6 is 0 Å². The summed E-state index contributed by atoms with van der Waals surface area (Å²) >= 11 is 0. The zero-order chi connectivity index (χ0) is 17.1. The minimum Gasteiger partial charge on any atom is -0.480 e. The van der Waals surface area contributed by atoms with Crippen molar-refractivity contribution in [2.75, 3.05) is 13.1 Å². The summed E-state index contributed by atoms with van der Waals surface area (Å²) in [6, 6.07) is 7.79. The minimum atomic E-state index is -0.427. The van der Waals surface area contributed by atoms with E-state index in [2.05, 4.69) is 0 Å². The van der Waals surface area contributed by atoms with Crippen LogP contribution in [0.5, 0.6) is 5.75 Å². The van der Waals surface area contributed by atoms with Gasteiger partial charge in [-0.1, -0.05) is 18.2 Å². The molecule has 1 amide bonds. The van der Waals surface area contributed by atoms with E-state index < -0.39 is 6.10 Å². The van der Waals surface area contributed by atoms with Crippen LogP contribution < -0.4 is 4.74 Å². The van der Waals surface area contributed by atoms with Crippen molar-refractivity contribution >= 4 is 11.9 Å². The summed E-state index contributed by atoms with van der Waals surface area (Å²) in [6.45, 7) is 5.06. The molecule has 0 saturated carbocycles. The van der Waals surface area contributed by atoms with Gasteiger partial charge < -0.3 is 14.4 Å². The Morgan fingerprint density at radius 3 is 2.88 bits per heavy atom. The molecule has 0 bridgehead atoms. The normalized spacial score (nSPS) is 22.9. The number of carbonyl (C=O) groups excluding carboxylic acids is 2. The maximum absolute atomic E-state index is 12.8. The van der Waals surface area contributed by atoms with Crippen molar-refractivity contribution in [1.82, 2.24) is 4.90 Å². The molecule has 0 spiro atoms. The van der Waals surface area contributed by atoms with E-state index in [1.807, 2.05) is 43.0 Å². The molecule has 5 heteroatoms. The number of esters is 1. The Balaban J connectivity index is 1.55. The molecule has 2 aliphatic rings. The molecule has 2 aliphatic heterocycles. The van der Waals surface area contributed by atoms with Crippen molar-refractivity contribution in [2.45, 2.75) is 51.7 Å². The molecule has 24 heavy (non-hydrogen) atoms. The first-order valence-corrected chi connectivity index (χ1v) is 8.75. The minimum absolute atomic E-state index is 0.0353. The molecule has 3 rings (SSSR count). The standard InChI is InChI=1S/C19H25NO4/c1-13(2)23-18(21)10-14-6-5-9-20(12-14)19(22)17-11-15-7-3-4-8-16(15)24-17/h3-4,7-8,13-14,17H,5-6,9-12H2,1-2H3/t14-,17-/m0/s1. The number of amides is 1. The zero-order valence-corrected chi connectivity index (χ0v) is 14.4. The van der Waals surface area contributed by atoms with E-state index in [0.717, 1.165) is 30.7 Å². The van der Waals surface area contributed by atoms with Crippen LogP contribution in [0.1, 0.15) is 38.7 Å². The SMILES string of the molecule is CC(C)OC(=O)C[C@@H]1CCCN(C(=O)[C@@H]2Cc3ccccc3O2)C1. The Kier molecular flexibility index (Phi) is 5.07. The maximum Gasteiger partial charge on any atom is 0.306 e. The van der Waals surface area contributed by atoms with E-state index in [4.69, 9.17) is 9.47 Å². The molecular weight excluding hydrogens is 306 g/mol. The van der Waals surface area contributed by atoms with Crippen molar-refractivity contribution in [2.24, 2.45) is 5.92 Å². The van der Waals surface area contributed by atoms with Crippen LogP contribution in [0, 0.1) is 5.92 Å². The van der Waals surface area contributed by atoms with Crippen molar-refractivity contribution in [3.8, 4) is 5.75 Å². The number of nitrogens with zero attached hydrogens (tertiary/aromatic N) is 1. The summed E-state index contributed by atoms with van der Waals surface area (Å²) in [5.41, 5.74) is 1.09. The highest BCUT2D eigenvalue weighted by atomic mass is 16.5. The number of benzene rings is 1. The lowest BCUT2D eigenvalue weighted by molar-refractivity contribution is -0.150. The molecule has 1 saturated heterocycles. The predicted octanol–water partition coefficient (Wildman–Crippen LogP) is 2.57. The lowest BCUT2D eigenvalue weighted by Crippen LogP contribution is -2.46.